The van der Waals surface area contributed by atoms with Gasteiger partial charge in [-0.05, 0) is 62.0 Å². The van der Waals surface area contributed by atoms with Gasteiger partial charge in [-0.3, -0.25) is 14.4 Å². The lowest BCUT2D eigenvalue weighted by Gasteiger charge is -2.56. The fourth-order valence-electron chi connectivity index (χ4n) is 7.54. The Kier molecular flexibility index (Phi) is 2.83. The maximum absolute atomic E-state index is 13.1. The molecule has 134 valence electrons. The van der Waals surface area contributed by atoms with Gasteiger partial charge in [0.1, 0.15) is 5.60 Å². The molecule has 4 aliphatic carbocycles. The van der Waals surface area contributed by atoms with Gasteiger partial charge in [0.15, 0.2) is 5.78 Å². The van der Waals surface area contributed by atoms with Gasteiger partial charge < -0.3 is 10.5 Å². The lowest BCUT2D eigenvalue weighted by Crippen LogP contribution is -2.59. The highest BCUT2D eigenvalue weighted by Crippen LogP contribution is 2.72. The van der Waals surface area contributed by atoms with Crippen LogP contribution in [0.3, 0.4) is 0 Å². The van der Waals surface area contributed by atoms with Crippen molar-refractivity contribution in [2.45, 2.75) is 63.9 Å². The van der Waals surface area contributed by atoms with Crippen LogP contribution in [0, 0.1) is 28.6 Å². The van der Waals surface area contributed by atoms with Gasteiger partial charge in [-0.1, -0.05) is 6.92 Å². The van der Waals surface area contributed by atoms with E-state index in [1.807, 2.05) is 0 Å². The highest BCUT2D eigenvalue weighted by molar-refractivity contribution is 5.96. The number of rotatable bonds is 1. The predicted octanol–water partition coefficient (Wildman–Crippen LogP) is 2.28. The minimum Gasteiger partial charge on any atom is -0.458 e. The van der Waals surface area contributed by atoms with Crippen LogP contribution in [0.25, 0.3) is 0 Å². The van der Waals surface area contributed by atoms with E-state index in [0.29, 0.717) is 12.8 Å². The Morgan fingerprint density at radius 2 is 1.92 bits per heavy atom. The molecule has 5 aliphatic rings. The third-order valence-corrected chi connectivity index (χ3v) is 8.53. The van der Waals surface area contributed by atoms with Crippen molar-refractivity contribution < 1.29 is 19.1 Å². The van der Waals surface area contributed by atoms with Crippen LogP contribution >= 0.6 is 0 Å². The van der Waals surface area contributed by atoms with Crippen molar-refractivity contribution in [2.24, 2.45) is 34.3 Å². The Morgan fingerprint density at radius 1 is 1.12 bits per heavy atom. The van der Waals surface area contributed by atoms with Crippen LogP contribution < -0.4 is 5.73 Å². The normalized spacial score (nSPS) is 50.4. The van der Waals surface area contributed by atoms with Crippen molar-refractivity contribution in [3.8, 4) is 0 Å². The summed E-state index contributed by atoms with van der Waals surface area (Å²) in [6.07, 6.45) is 7.83. The maximum atomic E-state index is 13.1. The smallest absolute Gasteiger partial charge is 0.317 e. The number of nitrogens with two attached hydrogens (primary N) is 1. The summed E-state index contributed by atoms with van der Waals surface area (Å²) in [6.45, 7) is 2.18. The molecule has 1 amide bonds. The summed E-state index contributed by atoms with van der Waals surface area (Å²) in [6, 6.07) is 0. The molecule has 0 aromatic heterocycles. The zero-order valence-corrected chi connectivity index (χ0v) is 14.7. The highest BCUT2D eigenvalue weighted by atomic mass is 16.6. The third-order valence-electron chi connectivity index (χ3n) is 8.53. The number of primary amides is 1. The number of carbonyl (C=O) groups excluding carboxylic acids is 3. The van der Waals surface area contributed by atoms with Gasteiger partial charge in [0.05, 0.1) is 5.41 Å². The molecule has 25 heavy (non-hydrogen) atoms. The van der Waals surface area contributed by atoms with Gasteiger partial charge in [0.25, 0.3) is 0 Å². The van der Waals surface area contributed by atoms with Crippen molar-refractivity contribution in [1.29, 1.82) is 0 Å². The molecule has 1 aliphatic heterocycles. The molecule has 2 bridgehead atoms. The Hall–Kier alpha value is -1.65. The van der Waals surface area contributed by atoms with Crippen LogP contribution in [0.1, 0.15) is 58.3 Å². The van der Waals surface area contributed by atoms with E-state index in [9.17, 15) is 14.4 Å². The first-order valence-corrected chi connectivity index (χ1v) is 9.61. The monoisotopic (exact) mass is 343 g/mol. The molecule has 5 nitrogen and oxygen atoms in total. The molecule has 6 atom stereocenters. The van der Waals surface area contributed by atoms with E-state index in [1.54, 1.807) is 6.08 Å². The van der Waals surface area contributed by atoms with Crippen LogP contribution in [0.2, 0.25) is 0 Å². The number of fused-ring (bicyclic) bond motifs is 1. The number of amides is 1. The first-order valence-electron chi connectivity index (χ1n) is 9.61. The van der Waals surface area contributed by atoms with Crippen molar-refractivity contribution in [1.82, 2.24) is 0 Å². The molecule has 0 aromatic carbocycles. The van der Waals surface area contributed by atoms with Crippen LogP contribution in [-0.2, 0) is 19.1 Å². The van der Waals surface area contributed by atoms with Crippen molar-refractivity contribution in [3.63, 3.8) is 0 Å². The largest absolute Gasteiger partial charge is 0.458 e. The molecule has 4 fully saturated rings. The van der Waals surface area contributed by atoms with Gasteiger partial charge >= 0.3 is 5.97 Å². The van der Waals surface area contributed by atoms with Crippen LogP contribution in [0.5, 0.6) is 0 Å². The molecule has 1 heterocycles. The molecule has 1 spiro atoms. The molecule has 5 rings (SSSR count). The molecular weight excluding hydrogens is 318 g/mol. The second kappa shape index (κ2) is 4.54. The Morgan fingerprint density at radius 3 is 2.68 bits per heavy atom. The summed E-state index contributed by atoms with van der Waals surface area (Å²) in [5.41, 5.74) is 5.53. The second-order valence-electron chi connectivity index (χ2n) is 9.13. The summed E-state index contributed by atoms with van der Waals surface area (Å²) in [5.74, 6) is 0.0687. The number of esters is 1. The quantitative estimate of drug-likeness (QED) is 0.740. The van der Waals surface area contributed by atoms with Gasteiger partial charge in [0.2, 0.25) is 5.91 Å². The van der Waals surface area contributed by atoms with Crippen LogP contribution in [0.4, 0.5) is 0 Å². The molecule has 5 heteroatoms. The number of ketones is 1. The summed E-state index contributed by atoms with van der Waals surface area (Å²) in [5, 5.41) is 0. The topological polar surface area (TPSA) is 86.5 Å². The number of hydrogen-bond donors (Lipinski definition) is 1. The summed E-state index contributed by atoms with van der Waals surface area (Å²) < 4.78 is 6.24. The standard InChI is InChI=1S/C20H25NO4/c1-18-7-6-15-19-8-5-12(22)10-11(19)4-9-20(15,25-17(19)24)14(18)3-2-13(18)16(21)23/h10,13-15H,2-9H2,1H3,(H2,21,23)/t13-,14?,15?,18?,19?,20?/m0/s1. The molecule has 3 saturated carbocycles. The SMILES string of the molecule is CC12CCC3C45CCC(=O)C=C4CCC3(OC5=O)C1CC[C@H]2C(N)=O. The Balaban J connectivity index is 1.63. The summed E-state index contributed by atoms with van der Waals surface area (Å²) in [4.78, 5) is 37.1. The fraction of sp³-hybridized carbons (Fsp3) is 0.750. The minimum atomic E-state index is -0.571. The van der Waals surface area contributed by atoms with Gasteiger partial charge in [0, 0.05) is 24.2 Å². The summed E-state index contributed by atoms with van der Waals surface area (Å²) in [7, 11) is 0. The number of carbonyl (C=O) groups is 3. The number of ether oxygens (including phenoxy) is 1. The zero-order chi connectivity index (χ0) is 17.6. The van der Waals surface area contributed by atoms with Gasteiger partial charge in [-0.25, -0.2) is 0 Å². The first-order chi connectivity index (χ1) is 11.8. The predicted molar refractivity (Wildman–Crippen MR) is 89.1 cm³/mol. The second-order valence-corrected chi connectivity index (χ2v) is 9.13. The lowest BCUT2D eigenvalue weighted by molar-refractivity contribution is -0.170. The average molecular weight is 343 g/mol. The molecule has 2 N–H and O–H groups in total. The number of hydrogen-bond acceptors (Lipinski definition) is 4. The Bertz CT molecular complexity index is 742. The van der Waals surface area contributed by atoms with E-state index in [1.165, 1.54) is 0 Å². The highest BCUT2D eigenvalue weighted by Gasteiger charge is 2.75. The van der Waals surface area contributed by atoms with E-state index in [0.717, 1.165) is 44.1 Å². The zero-order valence-electron chi connectivity index (χ0n) is 14.7. The molecular formula is C20H25NO4. The molecule has 1 saturated heterocycles. The average Bonchev–Trinajstić information content (AvgIpc) is 2.99. The molecule has 0 radical (unpaired) electrons. The summed E-state index contributed by atoms with van der Waals surface area (Å²) >= 11 is 0. The minimum absolute atomic E-state index is 0.111. The van der Waals surface area contributed by atoms with E-state index >= 15 is 0 Å². The maximum Gasteiger partial charge on any atom is 0.317 e. The fourth-order valence-corrected chi connectivity index (χ4v) is 7.54. The first kappa shape index (κ1) is 15.6. The lowest BCUT2D eigenvalue weighted by atomic mass is 9.46. The van der Waals surface area contributed by atoms with E-state index in [4.69, 9.17) is 10.5 Å². The van der Waals surface area contributed by atoms with Gasteiger partial charge in [-0.2, -0.15) is 0 Å². The van der Waals surface area contributed by atoms with E-state index < -0.39 is 11.0 Å². The molecule has 0 aromatic rings. The third kappa shape index (κ3) is 1.59. The van der Waals surface area contributed by atoms with Crippen molar-refractivity contribution >= 4 is 17.7 Å². The van der Waals surface area contributed by atoms with Crippen molar-refractivity contribution in [3.05, 3.63) is 11.6 Å². The van der Waals surface area contributed by atoms with Gasteiger partial charge in [-0.15, -0.1) is 0 Å². The Labute approximate surface area is 147 Å². The van der Waals surface area contributed by atoms with Crippen molar-refractivity contribution in [2.75, 3.05) is 0 Å². The van der Waals surface area contributed by atoms with Crippen LogP contribution in [0.15, 0.2) is 11.6 Å². The van der Waals surface area contributed by atoms with E-state index in [-0.39, 0.29) is 40.8 Å². The van der Waals surface area contributed by atoms with E-state index in [2.05, 4.69) is 6.92 Å². The van der Waals surface area contributed by atoms with Crippen LogP contribution in [-0.4, -0.2) is 23.3 Å². The molecule has 5 unspecified atom stereocenters.